The van der Waals surface area contributed by atoms with Gasteiger partial charge in [0.1, 0.15) is 5.82 Å². The maximum atomic E-state index is 11.4. The Hall–Kier alpha value is -2.11. The van der Waals surface area contributed by atoms with Gasteiger partial charge in [0.15, 0.2) is 0 Å². The van der Waals surface area contributed by atoms with Crippen LogP contribution in [0.4, 0.5) is 5.82 Å². The van der Waals surface area contributed by atoms with Crippen molar-refractivity contribution in [1.82, 2.24) is 19.7 Å². The lowest BCUT2D eigenvalue weighted by atomic mass is 10.4. The summed E-state index contributed by atoms with van der Waals surface area (Å²) in [7, 11) is 0. The van der Waals surface area contributed by atoms with E-state index in [4.69, 9.17) is 0 Å². The van der Waals surface area contributed by atoms with Gasteiger partial charge in [0.25, 0.3) is 5.56 Å². The number of anilines is 1. The van der Waals surface area contributed by atoms with E-state index in [9.17, 15) is 4.79 Å². The number of nitrogens with one attached hydrogen (secondary N) is 2. The molecule has 0 saturated heterocycles. The predicted octanol–water partition coefficient (Wildman–Crippen LogP) is 1.00. The molecule has 0 unspecified atom stereocenters. The van der Waals surface area contributed by atoms with E-state index in [0.717, 1.165) is 18.1 Å². The fraction of sp³-hybridized carbons (Fsp3) is 0.364. The van der Waals surface area contributed by atoms with Crippen molar-refractivity contribution in [2.45, 2.75) is 20.8 Å². The molecule has 0 fully saturated rings. The summed E-state index contributed by atoms with van der Waals surface area (Å²) in [6.45, 7) is 6.45. The molecule has 0 aliphatic heterocycles. The molecule has 90 valence electrons. The summed E-state index contributed by atoms with van der Waals surface area (Å²) < 4.78 is 1.60. The summed E-state index contributed by atoms with van der Waals surface area (Å²) >= 11 is 0. The molecule has 0 spiro atoms. The highest BCUT2D eigenvalue weighted by Gasteiger charge is 2.09. The van der Waals surface area contributed by atoms with Crippen LogP contribution in [0, 0.1) is 13.8 Å². The second-order valence-electron chi connectivity index (χ2n) is 3.82. The molecule has 0 saturated carbocycles. The molecule has 2 heterocycles. The highest BCUT2D eigenvalue weighted by Crippen LogP contribution is 2.13. The number of aromatic amines is 1. The smallest absolute Gasteiger partial charge is 0.252 e. The number of rotatable bonds is 3. The van der Waals surface area contributed by atoms with Gasteiger partial charge in [-0.1, -0.05) is 0 Å². The molecule has 2 aromatic rings. The maximum absolute atomic E-state index is 11.4. The van der Waals surface area contributed by atoms with Crippen LogP contribution in [0.1, 0.15) is 18.3 Å². The Kier molecular flexibility index (Phi) is 2.95. The van der Waals surface area contributed by atoms with Gasteiger partial charge in [-0.2, -0.15) is 9.78 Å². The van der Waals surface area contributed by atoms with Gasteiger partial charge in [-0.15, -0.1) is 0 Å². The van der Waals surface area contributed by atoms with Gasteiger partial charge in [-0.05, 0) is 20.8 Å². The van der Waals surface area contributed by atoms with Gasteiger partial charge >= 0.3 is 0 Å². The summed E-state index contributed by atoms with van der Waals surface area (Å²) in [5, 5.41) is 7.48. The molecule has 17 heavy (non-hydrogen) atoms. The van der Waals surface area contributed by atoms with Gasteiger partial charge in [-0.3, -0.25) is 9.78 Å². The van der Waals surface area contributed by atoms with Gasteiger partial charge in [0.2, 0.25) is 5.95 Å². The molecule has 6 heteroatoms. The number of H-pyrrole nitrogens is 1. The first-order valence-corrected chi connectivity index (χ1v) is 5.49. The lowest BCUT2D eigenvalue weighted by Gasteiger charge is -2.07. The molecule has 2 rings (SSSR count). The maximum Gasteiger partial charge on any atom is 0.252 e. The zero-order chi connectivity index (χ0) is 12.4. The first-order valence-electron chi connectivity index (χ1n) is 5.49. The van der Waals surface area contributed by atoms with Gasteiger partial charge in [0.05, 0.1) is 5.69 Å². The van der Waals surface area contributed by atoms with E-state index in [1.807, 2.05) is 19.9 Å². The number of nitrogens with zero attached hydrogens (tertiary/aromatic N) is 3. The Morgan fingerprint density at radius 2 is 2.12 bits per heavy atom. The molecule has 0 radical (unpaired) electrons. The van der Waals surface area contributed by atoms with Crippen LogP contribution in [0.25, 0.3) is 5.95 Å². The molecule has 0 atom stereocenters. The van der Waals surface area contributed by atoms with Crippen molar-refractivity contribution < 1.29 is 0 Å². The molecule has 0 bridgehead atoms. The zero-order valence-corrected chi connectivity index (χ0v) is 10.1. The highest BCUT2D eigenvalue weighted by atomic mass is 16.1. The Morgan fingerprint density at radius 1 is 1.35 bits per heavy atom. The highest BCUT2D eigenvalue weighted by molar-refractivity contribution is 5.41. The molecule has 2 aromatic heterocycles. The van der Waals surface area contributed by atoms with Crippen molar-refractivity contribution >= 4 is 5.82 Å². The van der Waals surface area contributed by atoms with Crippen LogP contribution in [0.15, 0.2) is 16.9 Å². The summed E-state index contributed by atoms with van der Waals surface area (Å²) in [6, 6.07) is 3.36. The normalized spacial score (nSPS) is 10.5. The fourth-order valence-corrected chi connectivity index (χ4v) is 1.63. The Labute approximate surface area is 98.7 Å². The first kappa shape index (κ1) is 11.4. The molecule has 0 aliphatic carbocycles. The summed E-state index contributed by atoms with van der Waals surface area (Å²) in [4.78, 5) is 18.3. The quantitative estimate of drug-likeness (QED) is 0.829. The van der Waals surface area contributed by atoms with Crippen LogP contribution in [0.5, 0.6) is 0 Å². The standard InChI is InChI=1S/C11H15N5O/c1-4-12-9-5-8(3)15-16(9)11-13-7(2)6-10(17)14-11/h5-6,12H,4H2,1-3H3,(H,13,14,17). The van der Waals surface area contributed by atoms with E-state index in [-0.39, 0.29) is 5.56 Å². The third-order valence-corrected chi connectivity index (χ3v) is 2.25. The molecule has 6 nitrogen and oxygen atoms in total. The van der Waals surface area contributed by atoms with Crippen LogP contribution in [-0.4, -0.2) is 26.3 Å². The number of hydrogen-bond donors (Lipinski definition) is 2. The largest absolute Gasteiger partial charge is 0.370 e. The third-order valence-electron chi connectivity index (χ3n) is 2.25. The molecule has 0 aliphatic rings. The number of aromatic nitrogens is 4. The minimum Gasteiger partial charge on any atom is -0.370 e. The minimum absolute atomic E-state index is 0.178. The second-order valence-corrected chi connectivity index (χ2v) is 3.82. The monoisotopic (exact) mass is 233 g/mol. The Morgan fingerprint density at radius 3 is 2.76 bits per heavy atom. The lowest BCUT2D eigenvalue weighted by Crippen LogP contribution is -2.15. The van der Waals surface area contributed by atoms with E-state index in [0.29, 0.717) is 11.6 Å². The summed E-state index contributed by atoms with van der Waals surface area (Å²) in [5.41, 5.74) is 1.35. The predicted molar refractivity (Wildman–Crippen MR) is 65.6 cm³/mol. The zero-order valence-electron chi connectivity index (χ0n) is 10.1. The van der Waals surface area contributed by atoms with Crippen molar-refractivity contribution in [2.24, 2.45) is 0 Å². The van der Waals surface area contributed by atoms with E-state index in [1.54, 1.807) is 11.6 Å². The van der Waals surface area contributed by atoms with Crippen LogP contribution < -0.4 is 10.9 Å². The minimum atomic E-state index is -0.178. The van der Waals surface area contributed by atoms with Crippen molar-refractivity contribution in [3.8, 4) is 5.95 Å². The Balaban J connectivity index is 2.55. The van der Waals surface area contributed by atoms with E-state index in [2.05, 4.69) is 20.4 Å². The SMILES string of the molecule is CCNc1cc(C)nn1-c1nc(C)cc(=O)[nH]1. The average molecular weight is 233 g/mol. The number of aryl methyl sites for hydroxylation is 2. The van der Waals surface area contributed by atoms with Crippen LogP contribution in [0.2, 0.25) is 0 Å². The second kappa shape index (κ2) is 4.40. The van der Waals surface area contributed by atoms with Gasteiger partial charge in [0, 0.05) is 24.4 Å². The third kappa shape index (κ3) is 2.35. The first-order chi connectivity index (χ1) is 8.10. The number of hydrogen-bond acceptors (Lipinski definition) is 4. The Bertz CT molecular complexity index is 584. The average Bonchev–Trinajstić information content (AvgIpc) is 2.58. The van der Waals surface area contributed by atoms with Gasteiger partial charge in [-0.25, -0.2) is 4.98 Å². The van der Waals surface area contributed by atoms with E-state index < -0.39 is 0 Å². The molecular formula is C11H15N5O. The van der Waals surface area contributed by atoms with Crippen molar-refractivity contribution in [3.63, 3.8) is 0 Å². The fourth-order valence-electron chi connectivity index (χ4n) is 1.63. The topological polar surface area (TPSA) is 75.6 Å². The van der Waals surface area contributed by atoms with Crippen molar-refractivity contribution in [1.29, 1.82) is 0 Å². The van der Waals surface area contributed by atoms with E-state index in [1.165, 1.54) is 6.07 Å². The summed E-state index contributed by atoms with van der Waals surface area (Å²) in [6.07, 6.45) is 0. The molecule has 2 N–H and O–H groups in total. The molecule has 0 aromatic carbocycles. The summed E-state index contributed by atoms with van der Waals surface area (Å²) in [5.74, 6) is 1.25. The van der Waals surface area contributed by atoms with Crippen LogP contribution >= 0.6 is 0 Å². The molecular weight excluding hydrogens is 218 g/mol. The van der Waals surface area contributed by atoms with Gasteiger partial charge < -0.3 is 5.32 Å². The van der Waals surface area contributed by atoms with Crippen LogP contribution in [-0.2, 0) is 0 Å². The van der Waals surface area contributed by atoms with Crippen LogP contribution in [0.3, 0.4) is 0 Å². The van der Waals surface area contributed by atoms with E-state index >= 15 is 0 Å². The van der Waals surface area contributed by atoms with Crippen molar-refractivity contribution in [3.05, 3.63) is 33.9 Å². The molecule has 0 amide bonds. The lowest BCUT2D eigenvalue weighted by molar-refractivity contribution is 0.786. The van der Waals surface area contributed by atoms with Crippen molar-refractivity contribution in [2.75, 3.05) is 11.9 Å².